The molecule has 0 radical (unpaired) electrons. The van der Waals surface area contributed by atoms with Crippen molar-refractivity contribution in [1.29, 1.82) is 0 Å². The molecule has 5 rings (SSSR count). The number of thiazole rings is 1. The maximum atomic E-state index is 13.5. The third-order valence-corrected chi connectivity index (χ3v) is 7.08. The highest BCUT2D eigenvalue weighted by atomic mass is 35.5. The number of ether oxygens (including phenoxy) is 3. The van der Waals surface area contributed by atoms with Gasteiger partial charge in [0.05, 0.1) is 18.7 Å². The Morgan fingerprint density at radius 3 is 2.82 bits per heavy atom. The SMILES string of the molecule is O=C(Cc1csc(Cl)n1)N1CC[C@@H](c2ccc(F)cc2)[C@H](COc2ccc3c(c2)OCO3)C1. The minimum atomic E-state index is -0.263. The molecule has 0 bridgehead atoms. The van der Waals surface area contributed by atoms with Crippen LogP contribution in [0.15, 0.2) is 47.8 Å². The summed E-state index contributed by atoms with van der Waals surface area (Å²) in [6, 6.07) is 12.1. The molecule has 2 atom stereocenters. The number of rotatable bonds is 6. The van der Waals surface area contributed by atoms with Gasteiger partial charge < -0.3 is 19.1 Å². The molecule has 0 unspecified atom stereocenters. The smallest absolute Gasteiger partial charge is 0.231 e. The molecule has 0 aliphatic carbocycles. The zero-order valence-corrected chi connectivity index (χ0v) is 19.3. The minimum absolute atomic E-state index is 0.0163. The summed E-state index contributed by atoms with van der Waals surface area (Å²) in [6.45, 7) is 1.78. The van der Waals surface area contributed by atoms with Gasteiger partial charge in [0.2, 0.25) is 12.7 Å². The molecule has 6 nitrogen and oxygen atoms in total. The van der Waals surface area contributed by atoms with Crippen molar-refractivity contribution in [3.8, 4) is 17.2 Å². The Bertz CT molecular complexity index is 1140. The van der Waals surface area contributed by atoms with E-state index < -0.39 is 0 Å². The van der Waals surface area contributed by atoms with E-state index in [2.05, 4.69) is 4.98 Å². The Balaban J connectivity index is 1.30. The van der Waals surface area contributed by atoms with E-state index in [4.69, 9.17) is 25.8 Å². The standard InChI is InChI=1S/C24H22ClFN2O4S/c25-24-27-18(13-33-24)9-23(29)28-8-7-20(15-1-3-17(26)4-2-15)16(11-28)12-30-19-5-6-21-22(10-19)32-14-31-21/h1-6,10,13,16,20H,7-9,11-12,14H2/t16-,20-/m0/s1. The van der Waals surface area contributed by atoms with Gasteiger partial charge in [-0.3, -0.25) is 4.79 Å². The largest absolute Gasteiger partial charge is 0.493 e. The number of carbonyl (C=O) groups excluding carboxylic acids is 1. The molecule has 0 N–H and O–H groups in total. The predicted molar refractivity (Wildman–Crippen MR) is 123 cm³/mol. The first-order valence-electron chi connectivity index (χ1n) is 10.7. The first-order valence-corrected chi connectivity index (χ1v) is 12.0. The molecule has 1 amide bonds. The van der Waals surface area contributed by atoms with Crippen LogP contribution in [0.3, 0.4) is 0 Å². The normalized spacial score (nSPS) is 19.5. The van der Waals surface area contributed by atoms with Gasteiger partial charge >= 0.3 is 0 Å². The van der Waals surface area contributed by atoms with Crippen LogP contribution < -0.4 is 14.2 Å². The summed E-state index contributed by atoms with van der Waals surface area (Å²) in [6.07, 6.45) is 0.991. The lowest BCUT2D eigenvalue weighted by atomic mass is 9.80. The fraction of sp³-hybridized carbons (Fsp3) is 0.333. The minimum Gasteiger partial charge on any atom is -0.493 e. The summed E-state index contributed by atoms with van der Waals surface area (Å²) in [7, 11) is 0. The van der Waals surface area contributed by atoms with Crippen LogP contribution in [0, 0.1) is 11.7 Å². The molecule has 1 saturated heterocycles. The number of likely N-dealkylation sites (tertiary alicyclic amines) is 1. The van der Waals surface area contributed by atoms with E-state index in [1.807, 2.05) is 40.6 Å². The van der Waals surface area contributed by atoms with Gasteiger partial charge in [-0.15, -0.1) is 11.3 Å². The van der Waals surface area contributed by atoms with E-state index >= 15 is 0 Å². The van der Waals surface area contributed by atoms with E-state index in [-0.39, 0.29) is 36.8 Å². The van der Waals surface area contributed by atoms with Gasteiger partial charge in [0.1, 0.15) is 11.6 Å². The zero-order chi connectivity index (χ0) is 22.8. The van der Waals surface area contributed by atoms with Crippen LogP contribution in [0.5, 0.6) is 17.2 Å². The fourth-order valence-corrected chi connectivity index (χ4v) is 5.16. The van der Waals surface area contributed by atoms with Crippen LogP contribution in [-0.4, -0.2) is 42.3 Å². The van der Waals surface area contributed by atoms with Crippen molar-refractivity contribution < 1.29 is 23.4 Å². The Labute approximate surface area is 199 Å². The first-order chi connectivity index (χ1) is 16.0. The van der Waals surface area contributed by atoms with Gasteiger partial charge in [0, 0.05) is 30.5 Å². The number of aromatic nitrogens is 1. The molecule has 2 aromatic carbocycles. The average molecular weight is 489 g/mol. The second kappa shape index (κ2) is 9.57. The lowest BCUT2D eigenvalue weighted by molar-refractivity contribution is -0.132. The van der Waals surface area contributed by atoms with Crippen molar-refractivity contribution in [3.05, 3.63) is 69.4 Å². The van der Waals surface area contributed by atoms with Gasteiger partial charge in [-0.25, -0.2) is 9.37 Å². The van der Waals surface area contributed by atoms with Gasteiger partial charge in [0.15, 0.2) is 16.0 Å². The molecule has 1 aromatic heterocycles. The number of hydrogen-bond donors (Lipinski definition) is 0. The molecule has 2 aliphatic rings. The highest BCUT2D eigenvalue weighted by Crippen LogP contribution is 2.37. The lowest BCUT2D eigenvalue weighted by Crippen LogP contribution is -2.45. The molecular formula is C24H22ClFN2O4S. The first kappa shape index (κ1) is 22.0. The van der Waals surface area contributed by atoms with Crippen molar-refractivity contribution in [2.75, 3.05) is 26.5 Å². The Morgan fingerprint density at radius 1 is 1.21 bits per heavy atom. The third-order valence-electron chi connectivity index (χ3n) is 6.05. The van der Waals surface area contributed by atoms with Crippen LogP contribution >= 0.6 is 22.9 Å². The quantitative estimate of drug-likeness (QED) is 0.493. The van der Waals surface area contributed by atoms with E-state index in [9.17, 15) is 9.18 Å². The summed E-state index contributed by atoms with van der Waals surface area (Å²) >= 11 is 7.23. The second-order valence-corrected chi connectivity index (χ2v) is 9.58. The van der Waals surface area contributed by atoms with Gasteiger partial charge in [-0.1, -0.05) is 23.7 Å². The van der Waals surface area contributed by atoms with Crippen LogP contribution in [0.2, 0.25) is 4.47 Å². The number of fused-ring (bicyclic) bond motifs is 1. The molecule has 33 heavy (non-hydrogen) atoms. The molecule has 1 fully saturated rings. The van der Waals surface area contributed by atoms with Gasteiger partial charge in [0.25, 0.3) is 0 Å². The number of piperidine rings is 1. The van der Waals surface area contributed by atoms with E-state index in [0.717, 1.165) is 12.0 Å². The fourth-order valence-electron chi connectivity index (χ4n) is 4.38. The van der Waals surface area contributed by atoms with Crippen molar-refractivity contribution >= 4 is 28.8 Å². The molecule has 0 spiro atoms. The molecule has 172 valence electrons. The van der Waals surface area contributed by atoms with Gasteiger partial charge in [-0.2, -0.15) is 0 Å². The number of amides is 1. The topological polar surface area (TPSA) is 60.9 Å². The third kappa shape index (κ3) is 5.07. The Morgan fingerprint density at radius 2 is 2.03 bits per heavy atom. The summed E-state index contributed by atoms with van der Waals surface area (Å²) in [5.74, 6) is 1.98. The molecular weight excluding hydrogens is 467 g/mol. The maximum absolute atomic E-state index is 13.5. The van der Waals surface area contributed by atoms with Crippen molar-refractivity contribution in [2.45, 2.75) is 18.8 Å². The van der Waals surface area contributed by atoms with Crippen molar-refractivity contribution in [1.82, 2.24) is 9.88 Å². The van der Waals surface area contributed by atoms with Crippen molar-refractivity contribution in [2.24, 2.45) is 5.92 Å². The van der Waals surface area contributed by atoms with Crippen molar-refractivity contribution in [3.63, 3.8) is 0 Å². The molecule has 3 aromatic rings. The number of nitrogens with zero attached hydrogens (tertiary/aromatic N) is 2. The number of benzene rings is 2. The van der Waals surface area contributed by atoms with Crippen LogP contribution in [-0.2, 0) is 11.2 Å². The van der Waals surface area contributed by atoms with Crippen LogP contribution in [0.1, 0.15) is 23.6 Å². The summed E-state index contributed by atoms with van der Waals surface area (Å²) in [5.41, 5.74) is 1.73. The number of hydrogen-bond acceptors (Lipinski definition) is 6. The van der Waals surface area contributed by atoms with Crippen LogP contribution in [0.4, 0.5) is 4.39 Å². The molecule has 3 heterocycles. The molecule has 9 heteroatoms. The summed E-state index contributed by atoms with van der Waals surface area (Å²) in [4.78, 5) is 19.0. The highest BCUT2D eigenvalue weighted by Gasteiger charge is 2.33. The number of carbonyl (C=O) groups is 1. The van der Waals surface area contributed by atoms with Gasteiger partial charge in [-0.05, 0) is 42.2 Å². The predicted octanol–water partition coefficient (Wildman–Crippen LogP) is 4.92. The van der Waals surface area contributed by atoms with E-state index in [1.165, 1.54) is 23.5 Å². The van der Waals surface area contributed by atoms with E-state index in [0.29, 0.717) is 47.1 Å². The molecule has 0 saturated carbocycles. The summed E-state index contributed by atoms with van der Waals surface area (Å²) in [5, 5.41) is 1.81. The monoisotopic (exact) mass is 488 g/mol. The summed E-state index contributed by atoms with van der Waals surface area (Å²) < 4.78 is 30.8. The van der Waals surface area contributed by atoms with E-state index in [1.54, 1.807) is 0 Å². The highest BCUT2D eigenvalue weighted by molar-refractivity contribution is 7.13. The Hall–Kier alpha value is -2.84. The Kier molecular flexibility index (Phi) is 6.37. The zero-order valence-electron chi connectivity index (χ0n) is 17.7. The maximum Gasteiger partial charge on any atom is 0.231 e. The lowest BCUT2D eigenvalue weighted by Gasteiger charge is -2.38. The number of halogens is 2. The molecule has 2 aliphatic heterocycles. The average Bonchev–Trinajstić information content (AvgIpc) is 3.46. The van der Waals surface area contributed by atoms with Crippen LogP contribution in [0.25, 0.3) is 0 Å². The second-order valence-electron chi connectivity index (χ2n) is 8.14.